The van der Waals surface area contributed by atoms with Gasteiger partial charge < -0.3 is 28.4 Å². The van der Waals surface area contributed by atoms with Gasteiger partial charge in [-0.25, -0.2) is 38.4 Å². The van der Waals surface area contributed by atoms with Crippen LogP contribution in [0.2, 0.25) is 0 Å². The quantitative estimate of drug-likeness (QED) is 0.0812. The van der Waals surface area contributed by atoms with Crippen LogP contribution < -0.4 is 9.47 Å². The second kappa shape index (κ2) is 13.3. The zero-order chi connectivity index (χ0) is 42.5. The maximum absolute atomic E-state index is 13.3. The van der Waals surface area contributed by atoms with Crippen LogP contribution in [-0.2, 0) is 24.4 Å². The van der Waals surface area contributed by atoms with Crippen LogP contribution in [0.5, 0.6) is 23.0 Å². The number of hydrogen-bond acceptors (Lipinski definition) is 14. The average Bonchev–Trinajstić information content (AvgIpc) is 3.93. The second-order valence-electron chi connectivity index (χ2n) is 14.8. The van der Waals surface area contributed by atoms with E-state index >= 15 is 0 Å². The van der Waals surface area contributed by atoms with Crippen molar-refractivity contribution in [2.75, 3.05) is 0 Å². The number of fused-ring (bicyclic) bond motifs is 4. The zero-order valence-electron chi connectivity index (χ0n) is 31.6. The van der Waals surface area contributed by atoms with E-state index in [1.54, 1.807) is 98.8 Å². The van der Waals surface area contributed by atoms with Crippen LogP contribution in [0.1, 0.15) is 108 Å². The Morgan fingerprint density at radius 1 is 0.344 bits per heavy atom. The first-order valence-electron chi connectivity index (χ1n) is 18.5. The van der Waals surface area contributed by atoms with E-state index < -0.39 is 53.2 Å². The number of benzene rings is 6. The number of ether oxygens (including phenoxy) is 6. The summed E-state index contributed by atoms with van der Waals surface area (Å²) in [5.41, 5.74) is 1.66. The second-order valence-corrected chi connectivity index (χ2v) is 14.8. The van der Waals surface area contributed by atoms with Crippen LogP contribution in [0.3, 0.4) is 0 Å². The van der Waals surface area contributed by atoms with E-state index in [4.69, 9.17) is 28.4 Å². The Bertz CT molecular complexity index is 2880. The van der Waals surface area contributed by atoms with Crippen molar-refractivity contribution in [3.8, 4) is 45.3 Å². The smallest absolute Gasteiger partial charge is 0.350 e. The van der Waals surface area contributed by atoms with Crippen molar-refractivity contribution in [3.05, 3.63) is 165 Å². The fourth-order valence-electron chi connectivity index (χ4n) is 8.02. The van der Waals surface area contributed by atoms with Crippen LogP contribution in [0.4, 0.5) is 0 Å². The van der Waals surface area contributed by atoms with Gasteiger partial charge in [-0.15, -0.1) is 0 Å². The van der Waals surface area contributed by atoms with Gasteiger partial charge in [0.2, 0.25) is 0 Å². The molecule has 0 aliphatic carbocycles. The summed E-state index contributed by atoms with van der Waals surface area (Å²) in [6, 6.07) is 28.5. The van der Waals surface area contributed by atoms with Crippen LogP contribution in [0, 0.1) is 0 Å². The number of esters is 8. The summed E-state index contributed by atoms with van der Waals surface area (Å²) >= 11 is 0. The number of hydrogen-bond donors (Lipinski definition) is 0. The van der Waals surface area contributed by atoms with Crippen molar-refractivity contribution in [1.29, 1.82) is 0 Å². The summed E-state index contributed by atoms with van der Waals surface area (Å²) in [6.07, 6.45) is 0. The minimum Gasteiger partial charge on any atom is -0.456 e. The largest absolute Gasteiger partial charge is 0.456 e. The molecule has 0 spiro atoms. The lowest BCUT2D eigenvalue weighted by molar-refractivity contribution is 0.0424. The van der Waals surface area contributed by atoms with E-state index in [1.807, 2.05) is 0 Å². The summed E-state index contributed by atoms with van der Waals surface area (Å²) in [7, 11) is 0. The van der Waals surface area contributed by atoms with Crippen molar-refractivity contribution in [3.63, 3.8) is 0 Å². The van der Waals surface area contributed by atoms with Crippen molar-refractivity contribution in [2.24, 2.45) is 0 Å². The predicted molar refractivity (Wildman–Crippen MR) is 208 cm³/mol. The maximum Gasteiger partial charge on any atom is 0.350 e. The molecule has 4 heterocycles. The first-order valence-corrected chi connectivity index (χ1v) is 18.5. The normalized spacial score (nSPS) is 14.9. The highest BCUT2D eigenvalue weighted by atomic mass is 16.6. The molecule has 61 heavy (non-hydrogen) atoms. The van der Waals surface area contributed by atoms with Gasteiger partial charge >= 0.3 is 47.8 Å². The third kappa shape index (κ3) is 5.64. The fourth-order valence-corrected chi connectivity index (χ4v) is 8.02. The Morgan fingerprint density at radius 3 is 1.02 bits per heavy atom. The first kappa shape index (κ1) is 36.8. The third-order valence-corrected chi connectivity index (χ3v) is 11.0. The van der Waals surface area contributed by atoms with Crippen LogP contribution in [0.15, 0.2) is 109 Å². The van der Waals surface area contributed by atoms with Gasteiger partial charge in [-0.2, -0.15) is 0 Å². The highest BCUT2D eigenvalue weighted by Gasteiger charge is 2.43. The number of carbonyl (C=O) groups excluding carboxylic acids is 8. The van der Waals surface area contributed by atoms with Crippen molar-refractivity contribution < 1.29 is 66.8 Å². The summed E-state index contributed by atoms with van der Waals surface area (Å²) in [6.45, 7) is 3.53. The lowest BCUT2D eigenvalue weighted by Gasteiger charge is -2.31. The SMILES string of the molecule is CC(C)(c1ccc2c(c1Oc1ccc(-c3cccc4c3C(=O)OC4=O)cc1)C(=O)OC2=O)c1ccc2c(c1Oc1ccc(-c3cccc4c3C(=O)OC4=O)cc1)C(=O)OC2=O. The molecular weight excluding hydrogens is 789 g/mol. The van der Waals surface area contributed by atoms with Gasteiger partial charge in [0.1, 0.15) is 34.1 Å². The van der Waals surface area contributed by atoms with E-state index in [0.717, 1.165) is 0 Å². The van der Waals surface area contributed by atoms with E-state index in [9.17, 15) is 38.4 Å². The molecule has 0 N–H and O–H groups in total. The molecule has 6 aromatic carbocycles. The molecule has 0 aromatic heterocycles. The molecule has 0 saturated heterocycles. The molecular formula is C47H24O14. The van der Waals surface area contributed by atoms with E-state index in [1.165, 1.54) is 24.3 Å². The van der Waals surface area contributed by atoms with Crippen LogP contribution in [0.25, 0.3) is 22.3 Å². The van der Waals surface area contributed by atoms with E-state index in [0.29, 0.717) is 33.4 Å². The summed E-state index contributed by atoms with van der Waals surface area (Å²) in [5.74, 6) is -6.31. The first-order chi connectivity index (χ1) is 29.3. The van der Waals surface area contributed by atoms with Gasteiger partial charge in [-0.3, -0.25) is 0 Å². The fraction of sp³-hybridized carbons (Fsp3) is 0.0638. The van der Waals surface area contributed by atoms with Gasteiger partial charge in [0, 0.05) is 16.5 Å². The van der Waals surface area contributed by atoms with Crippen LogP contribution in [-0.4, -0.2) is 47.8 Å². The highest BCUT2D eigenvalue weighted by Crippen LogP contribution is 2.49. The van der Waals surface area contributed by atoms with Crippen molar-refractivity contribution in [2.45, 2.75) is 19.3 Å². The number of cyclic esters (lactones) is 8. The molecule has 14 heteroatoms. The molecule has 0 amide bonds. The topological polar surface area (TPSA) is 192 Å². The zero-order valence-corrected chi connectivity index (χ0v) is 31.6. The lowest BCUT2D eigenvalue weighted by atomic mass is 9.75. The van der Waals surface area contributed by atoms with Crippen molar-refractivity contribution in [1.82, 2.24) is 0 Å². The predicted octanol–water partition coefficient (Wildman–Crippen LogP) is 8.17. The molecule has 10 rings (SSSR count). The minimum absolute atomic E-state index is 0.0391. The molecule has 0 bridgehead atoms. The van der Waals surface area contributed by atoms with Crippen molar-refractivity contribution >= 4 is 47.8 Å². The highest BCUT2D eigenvalue weighted by molar-refractivity contribution is 6.20. The van der Waals surface area contributed by atoms with Gasteiger partial charge in [-0.1, -0.05) is 74.5 Å². The molecule has 0 fully saturated rings. The Balaban J connectivity index is 1.05. The Morgan fingerprint density at radius 2 is 0.656 bits per heavy atom. The molecule has 0 unspecified atom stereocenters. The molecule has 4 aliphatic rings. The number of carbonyl (C=O) groups is 8. The summed E-state index contributed by atoms with van der Waals surface area (Å²) < 4.78 is 32.5. The van der Waals surface area contributed by atoms with Gasteiger partial charge in [0.15, 0.2) is 0 Å². The number of rotatable bonds is 8. The summed E-state index contributed by atoms with van der Waals surface area (Å²) in [4.78, 5) is 102. The third-order valence-electron chi connectivity index (χ3n) is 11.0. The Kier molecular flexibility index (Phi) is 8.00. The van der Waals surface area contributed by atoms with E-state index in [2.05, 4.69) is 0 Å². The standard InChI is InChI=1S/C47H24O14/c1-47(2,31-19-17-29-35(45(54)60-41(29)50)37(31)56-23-13-9-21(10-14-23)25-5-3-7-27-33(25)43(52)58-39(27)48)32-20-18-30-36(46(55)61-42(30)51)38(32)57-24-15-11-22(12-16-24)26-6-4-8-28-34(26)44(53)59-40(28)49/h3-20H,1-2H3. The molecule has 14 nitrogen and oxygen atoms in total. The molecule has 0 saturated carbocycles. The Labute approximate surface area is 343 Å². The van der Waals surface area contributed by atoms with Crippen LogP contribution >= 0.6 is 0 Å². The lowest BCUT2D eigenvalue weighted by Crippen LogP contribution is -2.23. The molecule has 6 aromatic rings. The molecule has 0 atom stereocenters. The average molecular weight is 813 g/mol. The van der Waals surface area contributed by atoms with E-state index in [-0.39, 0.29) is 67.5 Å². The Hall–Kier alpha value is -8.52. The minimum atomic E-state index is -1.23. The van der Waals surface area contributed by atoms with Gasteiger partial charge in [0.05, 0.1) is 33.4 Å². The molecule has 0 radical (unpaired) electrons. The molecule has 296 valence electrons. The monoisotopic (exact) mass is 812 g/mol. The van der Waals surface area contributed by atoms with Gasteiger partial charge in [-0.05, 0) is 70.8 Å². The maximum atomic E-state index is 13.3. The molecule has 4 aliphatic heterocycles. The summed E-state index contributed by atoms with van der Waals surface area (Å²) in [5, 5.41) is 0. The van der Waals surface area contributed by atoms with Gasteiger partial charge in [0.25, 0.3) is 0 Å².